The lowest BCUT2D eigenvalue weighted by atomic mass is 10.0. The van der Waals surface area contributed by atoms with Crippen molar-refractivity contribution in [2.75, 3.05) is 36.7 Å². The summed E-state index contributed by atoms with van der Waals surface area (Å²) in [5.74, 6) is -3.59. The Morgan fingerprint density at radius 2 is 1.64 bits per heavy atom. The smallest absolute Gasteiger partial charge is 0.490 e. The van der Waals surface area contributed by atoms with Gasteiger partial charge in [0.15, 0.2) is 0 Å². The van der Waals surface area contributed by atoms with Gasteiger partial charge in [0.1, 0.15) is 29.4 Å². The number of carboxylic acid groups (broad SMARTS) is 1. The van der Waals surface area contributed by atoms with Crippen LogP contribution in [-0.4, -0.2) is 55.1 Å². The third-order valence-electron chi connectivity index (χ3n) is 5.51. The Morgan fingerprint density at radius 1 is 1.02 bits per heavy atom. The maximum Gasteiger partial charge on any atom is 0.490 e. The topological polar surface area (TPSA) is 118 Å². The minimum atomic E-state index is -5.08. The predicted octanol–water partition coefficient (Wildman–Crippen LogP) is 5.74. The van der Waals surface area contributed by atoms with Crippen molar-refractivity contribution < 1.29 is 54.9 Å². The number of alkyl halides is 6. The summed E-state index contributed by atoms with van der Waals surface area (Å²) in [5, 5.41) is 7.12. The fraction of sp³-hybridized carbons (Fsp3) is 0.240. The van der Waals surface area contributed by atoms with Gasteiger partial charge in [-0.3, -0.25) is 9.69 Å². The van der Waals surface area contributed by atoms with E-state index in [1.54, 1.807) is 11.0 Å². The van der Waals surface area contributed by atoms with Crippen LogP contribution in [0.25, 0.3) is 0 Å². The van der Waals surface area contributed by atoms with E-state index in [-0.39, 0.29) is 47.3 Å². The van der Waals surface area contributed by atoms with Gasteiger partial charge in [0.2, 0.25) is 5.88 Å². The lowest BCUT2D eigenvalue weighted by Crippen LogP contribution is -2.45. The molecular formula is C25H20BrF7N4O5. The van der Waals surface area contributed by atoms with Crippen LogP contribution in [0.2, 0.25) is 0 Å². The highest BCUT2D eigenvalue weighted by Crippen LogP contribution is 2.43. The molecule has 0 unspecified atom stereocenters. The fourth-order valence-electron chi connectivity index (χ4n) is 3.66. The SMILES string of the molecule is COc1ccc(N2CN(c3ccc(F)cc3OCCN)c3ccc(C(F)(F)F)cc3C2=O)c(Br)n1.O=C(O)C(F)(F)F. The summed E-state index contributed by atoms with van der Waals surface area (Å²) in [6, 6.07) is 9.76. The Bertz CT molecular complexity index is 1470. The van der Waals surface area contributed by atoms with Crippen LogP contribution in [0.15, 0.2) is 53.1 Å². The number of ether oxygens (including phenoxy) is 2. The maximum absolute atomic E-state index is 14.0. The molecule has 1 aliphatic rings. The number of hydrogen-bond donors (Lipinski definition) is 2. The molecule has 0 saturated heterocycles. The quantitative estimate of drug-likeness (QED) is 0.252. The molecule has 0 atom stereocenters. The molecule has 9 nitrogen and oxygen atoms in total. The van der Waals surface area contributed by atoms with Crippen LogP contribution in [0.5, 0.6) is 11.6 Å². The third kappa shape index (κ3) is 7.39. The Hall–Kier alpha value is -4.12. The Balaban J connectivity index is 0.000000616. The normalized spacial score (nSPS) is 13.2. The number of carboxylic acids is 1. The van der Waals surface area contributed by atoms with Crippen molar-refractivity contribution in [3.05, 3.63) is 70.1 Å². The molecule has 2 aromatic carbocycles. The second kappa shape index (κ2) is 12.8. The van der Waals surface area contributed by atoms with Gasteiger partial charge in [0.25, 0.3) is 5.91 Å². The molecule has 1 aromatic heterocycles. The first-order chi connectivity index (χ1) is 19.6. The van der Waals surface area contributed by atoms with Gasteiger partial charge in [-0.25, -0.2) is 14.2 Å². The molecule has 0 fully saturated rings. The summed E-state index contributed by atoms with van der Waals surface area (Å²) < 4.78 is 97.1. The van der Waals surface area contributed by atoms with Crippen LogP contribution in [0.3, 0.4) is 0 Å². The highest BCUT2D eigenvalue weighted by Gasteiger charge is 2.39. The molecule has 0 saturated carbocycles. The first kappa shape index (κ1) is 32.4. The summed E-state index contributed by atoms with van der Waals surface area (Å²) in [6.45, 7) is 0.131. The van der Waals surface area contributed by atoms with Gasteiger partial charge < -0.3 is 25.2 Å². The number of nitrogens with zero attached hydrogens (tertiary/aromatic N) is 3. The Morgan fingerprint density at radius 3 is 2.19 bits per heavy atom. The molecule has 17 heteroatoms. The number of halogens is 8. The molecule has 0 spiro atoms. The zero-order valence-electron chi connectivity index (χ0n) is 21.3. The van der Waals surface area contributed by atoms with Crippen LogP contribution >= 0.6 is 15.9 Å². The summed E-state index contributed by atoms with van der Waals surface area (Å²) in [6.07, 6.45) is -9.74. The predicted molar refractivity (Wildman–Crippen MR) is 138 cm³/mol. The highest BCUT2D eigenvalue weighted by molar-refractivity contribution is 9.10. The van der Waals surface area contributed by atoms with Gasteiger partial charge in [-0.15, -0.1) is 0 Å². The van der Waals surface area contributed by atoms with Crippen LogP contribution in [0, 0.1) is 5.82 Å². The summed E-state index contributed by atoms with van der Waals surface area (Å²) in [7, 11) is 1.43. The number of rotatable bonds is 6. The van der Waals surface area contributed by atoms with Gasteiger partial charge in [-0.1, -0.05) is 0 Å². The van der Waals surface area contributed by atoms with Crippen molar-refractivity contribution in [1.82, 2.24) is 4.98 Å². The summed E-state index contributed by atoms with van der Waals surface area (Å²) in [4.78, 5) is 29.4. The first-order valence-electron chi connectivity index (χ1n) is 11.5. The van der Waals surface area contributed by atoms with Crippen LogP contribution in [-0.2, 0) is 11.0 Å². The van der Waals surface area contributed by atoms with E-state index in [1.165, 1.54) is 36.3 Å². The van der Waals surface area contributed by atoms with E-state index in [1.807, 2.05) is 0 Å². The summed E-state index contributed by atoms with van der Waals surface area (Å²) >= 11 is 3.30. The molecule has 0 aliphatic carbocycles. The molecule has 3 N–H and O–H groups in total. The average Bonchev–Trinajstić information content (AvgIpc) is 2.92. The van der Waals surface area contributed by atoms with E-state index in [4.69, 9.17) is 25.1 Å². The summed E-state index contributed by atoms with van der Waals surface area (Å²) in [5.41, 5.74) is 5.21. The van der Waals surface area contributed by atoms with Crippen molar-refractivity contribution in [1.29, 1.82) is 0 Å². The Kier molecular flexibility index (Phi) is 9.88. The zero-order chi connectivity index (χ0) is 31.4. The van der Waals surface area contributed by atoms with E-state index in [2.05, 4.69) is 20.9 Å². The molecule has 0 radical (unpaired) electrons. The number of hydrogen-bond acceptors (Lipinski definition) is 7. The van der Waals surface area contributed by atoms with Gasteiger partial charge in [-0.2, -0.15) is 26.3 Å². The van der Waals surface area contributed by atoms with Crippen LogP contribution in [0.4, 0.5) is 47.8 Å². The minimum absolute atomic E-state index is 0.0841. The molecule has 2 heterocycles. The molecule has 42 heavy (non-hydrogen) atoms. The number of benzene rings is 2. The number of aromatic nitrogens is 1. The number of fused-ring (bicyclic) bond motifs is 1. The number of amides is 1. The van der Waals surface area contributed by atoms with E-state index in [9.17, 15) is 35.5 Å². The largest absolute Gasteiger partial charge is 0.490 e. The number of nitrogens with two attached hydrogens (primary N) is 1. The molecule has 0 bridgehead atoms. The molecule has 226 valence electrons. The van der Waals surface area contributed by atoms with Crippen molar-refractivity contribution in [3.8, 4) is 11.6 Å². The number of carbonyl (C=O) groups excluding carboxylic acids is 1. The standard InChI is InChI=1S/C23H19BrF4N4O3.C2HF3O2/c1-34-20-7-6-18(21(24)30-20)32-12-31(17-5-3-14(25)11-19(17)35-9-8-29)16-4-2-13(23(26,27)28)10-15(16)22(32)33;3-2(4,5)1(6)7/h2-7,10-11H,8-9,12,29H2,1H3;(H,6,7). The van der Waals surface area contributed by atoms with Crippen molar-refractivity contribution in [3.63, 3.8) is 0 Å². The van der Waals surface area contributed by atoms with Gasteiger partial charge >= 0.3 is 18.3 Å². The van der Waals surface area contributed by atoms with Crippen molar-refractivity contribution >= 4 is 44.9 Å². The number of aliphatic carboxylic acids is 1. The van der Waals surface area contributed by atoms with Crippen LogP contribution < -0.4 is 25.0 Å². The minimum Gasteiger partial charge on any atom is -0.490 e. The van der Waals surface area contributed by atoms with Crippen LogP contribution in [0.1, 0.15) is 15.9 Å². The molecule has 1 aliphatic heterocycles. The number of pyridine rings is 1. The van der Waals surface area contributed by atoms with Gasteiger partial charge in [0.05, 0.1) is 35.3 Å². The van der Waals surface area contributed by atoms with E-state index >= 15 is 0 Å². The zero-order valence-corrected chi connectivity index (χ0v) is 22.8. The molecule has 1 amide bonds. The maximum atomic E-state index is 14.0. The Labute approximate surface area is 241 Å². The number of carbonyl (C=O) groups is 2. The second-order valence-corrected chi connectivity index (χ2v) is 9.00. The second-order valence-electron chi connectivity index (χ2n) is 8.25. The molecule has 4 rings (SSSR count). The molecule has 3 aromatic rings. The number of anilines is 3. The van der Waals surface area contributed by atoms with E-state index in [0.29, 0.717) is 11.4 Å². The van der Waals surface area contributed by atoms with Gasteiger partial charge in [0, 0.05) is 18.7 Å². The fourth-order valence-corrected chi connectivity index (χ4v) is 4.18. The highest BCUT2D eigenvalue weighted by atomic mass is 79.9. The average molecular weight is 669 g/mol. The number of methoxy groups -OCH3 is 1. The lowest BCUT2D eigenvalue weighted by molar-refractivity contribution is -0.192. The first-order valence-corrected chi connectivity index (χ1v) is 12.3. The van der Waals surface area contributed by atoms with Gasteiger partial charge in [-0.05, 0) is 52.3 Å². The van der Waals surface area contributed by atoms with Crippen molar-refractivity contribution in [2.45, 2.75) is 12.4 Å². The van der Waals surface area contributed by atoms with E-state index < -0.39 is 35.6 Å². The lowest BCUT2D eigenvalue weighted by Gasteiger charge is -2.39. The molecular weight excluding hydrogens is 649 g/mol. The van der Waals surface area contributed by atoms with Crippen molar-refractivity contribution in [2.24, 2.45) is 5.73 Å². The third-order valence-corrected chi connectivity index (χ3v) is 6.09. The van der Waals surface area contributed by atoms with E-state index in [0.717, 1.165) is 18.2 Å². The monoisotopic (exact) mass is 668 g/mol.